The molecule has 200 valence electrons. The molecule has 1 fully saturated rings. The van der Waals surface area contributed by atoms with Gasteiger partial charge in [0.2, 0.25) is 21.8 Å². The van der Waals surface area contributed by atoms with E-state index in [-0.39, 0.29) is 17.2 Å². The fourth-order valence-corrected chi connectivity index (χ4v) is 5.44. The van der Waals surface area contributed by atoms with Gasteiger partial charge in [-0.05, 0) is 59.9 Å². The van der Waals surface area contributed by atoms with Crippen molar-refractivity contribution < 1.29 is 18.0 Å². The average molecular weight is 537 g/mol. The van der Waals surface area contributed by atoms with Gasteiger partial charge in [0, 0.05) is 19.5 Å². The van der Waals surface area contributed by atoms with Crippen molar-refractivity contribution in [3.05, 3.63) is 72.3 Å². The van der Waals surface area contributed by atoms with Gasteiger partial charge in [-0.15, -0.1) is 0 Å². The fraction of sp³-hybridized carbons (Fsp3) is 0.296. The molecule has 1 unspecified atom stereocenters. The van der Waals surface area contributed by atoms with Gasteiger partial charge in [-0.3, -0.25) is 9.59 Å². The standard InChI is InChI=1S/C27H32N6O4S/c28-30-19-29-23-11-8-20(9-12-23)16-25(27(35)33-14-4-1-5-15-33)32-26(34)18-31-38(36,37)24-13-10-21-6-2-3-7-22(21)17-24/h2-3,6-13,17,19,25,31H,1,4-5,14-16,18,28H2,(H,29,30)(H,32,34). The minimum Gasteiger partial charge on any atom is -0.343 e. The van der Waals surface area contributed by atoms with Crippen molar-refractivity contribution in [2.45, 2.75) is 36.6 Å². The zero-order valence-electron chi connectivity index (χ0n) is 21.0. The zero-order chi connectivity index (χ0) is 27.0. The van der Waals surface area contributed by atoms with Crippen LogP contribution in [0.25, 0.3) is 10.8 Å². The van der Waals surface area contributed by atoms with E-state index in [0.717, 1.165) is 35.6 Å². The summed E-state index contributed by atoms with van der Waals surface area (Å²) in [4.78, 5) is 32.1. The van der Waals surface area contributed by atoms with E-state index in [1.807, 2.05) is 36.4 Å². The van der Waals surface area contributed by atoms with Crippen molar-refractivity contribution in [2.24, 2.45) is 10.8 Å². The highest BCUT2D eigenvalue weighted by Gasteiger charge is 2.28. The number of piperidine rings is 1. The van der Waals surface area contributed by atoms with Crippen LogP contribution in [0.4, 0.5) is 5.69 Å². The van der Waals surface area contributed by atoms with Gasteiger partial charge in [-0.25, -0.2) is 24.0 Å². The summed E-state index contributed by atoms with van der Waals surface area (Å²) < 4.78 is 28.1. The lowest BCUT2D eigenvalue weighted by Gasteiger charge is -2.31. The summed E-state index contributed by atoms with van der Waals surface area (Å²) in [5.74, 6) is 4.45. The third-order valence-electron chi connectivity index (χ3n) is 6.42. The monoisotopic (exact) mass is 536 g/mol. The van der Waals surface area contributed by atoms with Crippen molar-refractivity contribution in [1.29, 1.82) is 0 Å². The van der Waals surface area contributed by atoms with Crippen LogP contribution in [0.15, 0.2) is 76.6 Å². The highest BCUT2D eigenvalue weighted by molar-refractivity contribution is 7.89. The van der Waals surface area contributed by atoms with Gasteiger partial charge in [0.15, 0.2) is 0 Å². The second-order valence-electron chi connectivity index (χ2n) is 9.13. The maximum Gasteiger partial charge on any atom is 0.245 e. The van der Waals surface area contributed by atoms with E-state index < -0.39 is 28.5 Å². The number of rotatable bonds is 10. The summed E-state index contributed by atoms with van der Waals surface area (Å²) in [5, 5.41) is 4.45. The van der Waals surface area contributed by atoms with Gasteiger partial charge >= 0.3 is 0 Å². The number of sulfonamides is 1. The number of benzene rings is 3. The lowest BCUT2D eigenvalue weighted by atomic mass is 10.0. The van der Waals surface area contributed by atoms with Crippen molar-refractivity contribution in [3.8, 4) is 0 Å². The summed E-state index contributed by atoms with van der Waals surface area (Å²) in [5.41, 5.74) is 3.85. The molecule has 2 amide bonds. The first-order valence-corrected chi connectivity index (χ1v) is 14.0. The predicted molar refractivity (Wildman–Crippen MR) is 147 cm³/mol. The van der Waals surface area contributed by atoms with Gasteiger partial charge in [0.25, 0.3) is 0 Å². The predicted octanol–water partition coefficient (Wildman–Crippen LogP) is 1.98. The van der Waals surface area contributed by atoms with Crippen molar-refractivity contribution >= 4 is 44.6 Å². The van der Waals surface area contributed by atoms with E-state index in [2.05, 4.69) is 20.5 Å². The minimum atomic E-state index is -3.93. The van der Waals surface area contributed by atoms with Crippen LogP contribution in [-0.4, -0.2) is 57.1 Å². The fourth-order valence-electron chi connectivity index (χ4n) is 4.42. The molecule has 1 aliphatic rings. The molecule has 0 spiro atoms. The third-order valence-corrected chi connectivity index (χ3v) is 7.82. The van der Waals surface area contributed by atoms with Crippen LogP contribution in [0.2, 0.25) is 0 Å². The van der Waals surface area contributed by atoms with Gasteiger partial charge in [-0.2, -0.15) is 0 Å². The Morgan fingerprint density at radius 3 is 2.39 bits per heavy atom. The summed E-state index contributed by atoms with van der Waals surface area (Å²) in [6.07, 6.45) is 4.52. The quantitative estimate of drug-likeness (QED) is 0.135. The molecule has 1 atom stereocenters. The highest BCUT2D eigenvalue weighted by Crippen LogP contribution is 2.19. The number of hydrogen-bond acceptors (Lipinski definition) is 6. The maximum atomic E-state index is 13.3. The number of hydrogen-bond donors (Lipinski definition) is 4. The number of amides is 2. The van der Waals surface area contributed by atoms with Crippen LogP contribution < -0.4 is 21.3 Å². The largest absolute Gasteiger partial charge is 0.343 e. The van der Waals surface area contributed by atoms with E-state index in [0.29, 0.717) is 18.8 Å². The van der Waals surface area contributed by atoms with E-state index in [1.165, 1.54) is 12.4 Å². The number of hydrazine groups is 1. The molecule has 0 radical (unpaired) electrons. The Hall–Kier alpha value is -3.80. The summed E-state index contributed by atoms with van der Waals surface area (Å²) >= 11 is 0. The SMILES string of the molecule is NNC=Nc1ccc(CC(NC(=O)CNS(=O)(=O)c2ccc3ccccc3c2)C(=O)N2CCCCC2)cc1. The van der Waals surface area contributed by atoms with E-state index >= 15 is 0 Å². The van der Waals surface area contributed by atoms with Gasteiger partial charge in [-0.1, -0.05) is 42.5 Å². The van der Waals surface area contributed by atoms with Crippen LogP contribution in [0.5, 0.6) is 0 Å². The molecule has 0 aromatic heterocycles. The van der Waals surface area contributed by atoms with E-state index in [9.17, 15) is 18.0 Å². The van der Waals surface area contributed by atoms with Gasteiger partial charge in [0.1, 0.15) is 12.4 Å². The summed E-state index contributed by atoms with van der Waals surface area (Å²) in [7, 11) is -3.93. The number of carbonyl (C=O) groups excluding carboxylic acids is 2. The lowest BCUT2D eigenvalue weighted by molar-refractivity contribution is -0.137. The maximum absolute atomic E-state index is 13.3. The molecule has 1 aliphatic heterocycles. The molecule has 38 heavy (non-hydrogen) atoms. The Morgan fingerprint density at radius 2 is 1.68 bits per heavy atom. The lowest BCUT2D eigenvalue weighted by Crippen LogP contribution is -2.52. The van der Waals surface area contributed by atoms with Gasteiger partial charge in [0.05, 0.1) is 17.1 Å². The number of nitrogens with zero attached hydrogens (tertiary/aromatic N) is 2. The first kappa shape index (κ1) is 27.2. The van der Waals surface area contributed by atoms with Crippen LogP contribution in [0.3, 0.4) is 0 Å². The van der Waals surface area contributed by atoms with Crippen LogP contribution >= 0.6 is 0 Å². The molecule has 5 N–H and O–H groups in total. The molecule has 3 aromatic rings. The first-order chi connectivity index (χ1) is 18.4. The second-order valence-corrected chi connectivity index (χ2v) is 10.9. The Morgan fingerprint density at radius 1 is 0.974 bits per heavy atom. The zero-order valence-corrected chi connectivity index (χ0v) is 21.8. The van der Waals surface area contributed by atoms with Crippen molar-refractivity contribution in [3.63, 3.8) is 0 Å². The van der Waals surface area contributed by atoms with Crippen molar-refractivity contribution in [1.82, 2.24) is 20.4 Å². The van der Waals surface area contributed by atoms with Crippen LogP contribution in [0.1, 0.15) is 24.8 Å². The average Bonchev–Trinajstić information content (AvgIpc) is 2.95. The Balaban J connectivity index is 1.44. The molecule has 10 nitrogen and oxygen atoms in total. The molecule has 3 aromatic carbocycles. The molecule has 1 saturated heterocycles. The highest BCUT2D eigenvalue weighted by atomic mass is 32.2. The topological polar surface area (TPSA) is 146 Å². The molecule has 4 rings (SSSR count). The number of nitrogens with two attached hydrogens (primary N) is 1. The molecule has 11 heteroatoms. The summed E-state index contributed by atoms with van der Waals surface area (Å²) in [6.45, 7) is 0.789. The Kier molecular flexibility index (Phi) is 9.06. The Bertz CT molecular complexity index is 1400. The molecular weight excluding hydrogens is 504 g/mol. The first-order valence-electron chi connectivity index (χ1n) is 12.5. The molecule has 1 heterocycles. The van der Waals surface area contributed by atoms with Crippen molar-refractivity contribution in [2.75, 3.05) is 19.6 Å². The van der Waals surface area contributed by atoms with E-state index in [4.69, 9.17) is 5.84 Å². The van der Waals surface area contributed by atoms with E-state index in [1.54, 1.807) is 29.2 Å². The molecular formula is C27H32N6O4S. The minimum absolute atomic E-state index is 0.0672. The second kappa shape index (κ2) is 12.6. The number of nitrogens with one attached hydrogen (secondary N) is 3. The van der Waals surface area contributed by atoms with Crippen LogP contribution in [0, 0.1) is 0 Å². The number of carbonyl (C=O) groups is 2. The molecule has 0 aliphatic carbocycles. The third kappa shape index (κ3) is 7.15. The van der Waals surface area contributed by atoms with Gasteiger partial charge < -0.3 is 15.6 Å². The molecule has 0 bridgehead atoms. The van der Waals surface area contributed by atoms with Crippen LogP contribution in [-0.2, 0) is 26.0 Å². The molecule has 0 saturated carbocycles. The smallest absolute Gasteiger partial charge is 0.245 e. The number of aliphatic imine (C=N–C) groups is 1. The normalized spacial score (nSPS) is 14.9. The number of fused-ring (bicyclic) bond motifs is 1. The Labute approximate surface area is 222 Å². The number of likely N-dealkylation sites (tertiary alicyclic amines) is 1. The summed E-state index contributed by atoms with van der Waals surface area (Å²) in [6, 6.07) is 18.6.